The Labute approximate surface area is 113 Å². The molecule has 4 heteroatoms. The lowest BCUT2D eigenvalue weighted by Gasteiger charge is -2.30. The maximum atomic E-state index is 12.0. The second-order valence-corrected chi connectivity index (χ2v) is 6.27. The zero-order valence-corrected chi connectivity index (χ0v) is 12.2. The summed E-state index contributed by atoms with van der Waals surface area (Å²) in [5.41, 5.74) is 0. The van der Waals surface area contributed by atoms with Crippen LogP contribution in [-0.2, 0) is 14.4 Å². The maximum absolute atomic E-state index is 12.0. The molecule has 1 aliphatic rings. The first-order valence-corrected chi connectivity index (χ1v) is 7.79. The van der Waals surface area contributed by atoms with Crippen LogP contribution >= 0.6 is 11.8 Å². The number of carbonyl (C=O) groups excluding carboxylic acids is 3. The SMILES string of the molecule is CCSC(CC)C1CC(=O)C(C(=O)CC)C(=O)C1. The minimum atomic E-state index is -0.949. The standard InChI is InChI=1S/C14H22O3S/c1-4-10(15)14-11(16)7-9(8-12(14)17)13(5-2)18-6-3/h9,13-14H,4-8H2,1-3H3. The molecule has 3 nitrogen and oxygen atoms in total. The lowest BCUT2D eigenvalue weighted by atomic mass is 9.76. The predicted molar refractivity (Wildman–Crippen MR) is 73.7 cm³/mol. The van der Waals surface area contributed by atoms with E-state index in [0.717, 1.165) is 12.2 Å². The van der Waals surface area contributed by atoms with Crippen molar-refractivity contribution in [2.75, 3.05) is 5.75 Å². The van der Waals surface area contributed by atoms with Gasteiger partial charge in [0.05, 0.1) is 0 Å². The van der Waals surface area contributed by atoms with Gasteiger partial charge in [-0.05, 0) is 18.1 Å². The fraction of sp³-hybridized carbons (Fsp3) is 0.786. The molecule has 0 heterocycles. The third-order valence-electron chi connectivity index (χ3n) is 3.55. The molecule has 1 aliphatic carbocycles. The van der Waals surface area contributed by atoms with Crippen LogP contribution in [0.2, 0.25) is 0 Å². The van der Waals surface area contributed by atoms with Gasteiger partial charge in [-0.15, -0.1) is 0 Å². The van der Waals surface area contributed by atoms with Gasteiger partial charge in [0.1, 0.15) is 5.92 Å². The van der Waals surface area contributed by atoms with Crippen LogP contribution < -0.4 is 0 Å². The van der Waals surface area contributed by atoms with Crippen LogP contribution in [0.3, 0.4) is 0 Å². The van der Waals surface area contributed by atoms with E-state index in [9.17, 15) is 14.4 Å². The van der Waals surface area contributed by atoms with Gasteiger partial charge >= 0.3 is 0 Å². The second-order valence-electron chi connectivity index (χ2n) is 4.76. The molecule has 0 radical (unpaired) electrons. The van der Waals surface area contributed by atoms with Crippen molar-refractivity contribution in [3.8, 4) is 0 Å². The molecule has 102 valence electrons. The molecule has 1 unspecified atom stereocenters. The number of hydrogen-bond donors (Lipinski definition) is 0. The monoisotopic (exact) mass is 270 g/mol. The first kappa shape index (κ1) is 15.4. The predicted octanol–water partition coefficient (Wildman–Crippen LogP) is 2.66. The third-order valence-corrected chi connectivity index (χ3v) is 5.03. The molecule has 0 bridgehead atoms. The molecule has 0 aromatic rings. The van der Waals surface area contributed by atoms with E-state index in [1.165, 1.54) is 0 Å². The van der Waals surface area contributed by atoms with E-state index in [4.69, 9.17) is 0 Å². The van der Waals surface area contributed by atoms with Gasteiger partial charge in [-0.2, -0.15) is 11.8 Å². The van der Waals surface area contributed by atoms with Crippen molar-refractivity contribution in [1.82, 2.24) is 0 Å². The van der Waals surface area contributed by atoms with Gasteiger partial charge in [-0.1, -0.05) is 20.8 Å². The van der Waals surface area contributed by atoms with Gasteiger partial charge in [0.25, 0.3) is 0 Å². The number of rotatable bonds is 6. The Hall–Kier alpha value is -0.640. The Kier molecular flexibility index (Phi) is 6.06. The van der Waals surface area contributed by atoms with Gasteiger partial charge in [0.2, 0.25) is 0 Å². The van der Waals surface area contributed by atoms with Crippen LogP contribution in [0.5, 0.6) is 0 Å². The van der Waals surface area contributed by atoms with Gasteiger partial charge in [-0.25, -0.2) is 0 Å². The van der Waals surface area contributed by atoms with Crippen molar-refractivity contribution < 1.29 is 14.4 Å². The van der Waals surface area contributed by atoms with Gasteiger partial charge in [-0.3, -0.25) is 14.4 Å². The highest BCUT2D eigenvalue weighted by Gasteiger charge is 2.41. The van der Waals surface area contributed by atoms with E-state index < -0.39 is 5.92 Å². The largest absolute Gasteiger partial charge is 0.298 e. The summed E-state index contributed by atoms with van der Waals surface area (Å²) in [4.78, 5) is 35.6. The molecule has 0 saturated heterocycles. The van der Waals surface area contributed by atoms with Crippen molar-refractivity contribution >= 4 is 29.1 Å². The average Bonchev–Trinajstić information content (AvgIpc) is 2.34. The minimum absolute atomic E-state index is 0.126. The van der Waals surface area contributed by atoms with E-state index in [1.54, 1.807) is 6.92 Å². The number of thioether (sulfide) groups is 1. The fourth-order valence-electron chi connectivity index (χ4n) is 2.63. The molecule has 0 aromatic carbocycles. The van der Waals surface area contributed by atoms with E-state index in [1.807, 2.05) is 11.8 Å². The van der Waals surface area contributed by atoms with Crippen molar-refractivity contribution in [2.45, 2.75) is 51.7 Å². The van der Waals surface area contributed by atoms with Crippen LogP contribution in [0, 0.1) is 11.8 Å². The van der Waals surface area contributed by atoms with Crippen LogP contribution in [0.25, 0.3) is 0 Å². The van der Waals surface area contributed by atoms with E-state index in [2.05, 4.69) is 13.8 Å². The van der Waals surface area contributed by atoms with Gasteiger partial charge in [0, 0.05) is 24.5 Å². The fourth-order valence-corrected chi connectivity index (χ4v) is 3.76. The van der Waals surface area contributed by atoms with Crippen molar-refractivity contribution in [1.29, 1.82) is 0 Å². The summed E-state index contributed by atoms with van der Waals surface area (Å²) < 4.78 is 0. The summed E-state index contributed by atoms with van der Waals surface area (Å²) in [7, 11) is 0. The Morgan fingerprint density at radius 2 is 1.78 bits per heavy atom. The molecular formula is C14H22O3S. The smallest absolute Gasteiger partial charge is 0.151 e. The molecule has 1 fully saturated rings. The van der Waals surface area contributed by atoms with E-state index >= 15 is 0 Å². The topological polar surface area (TPSA) is 51.2 Å². The Morgan fingerprint density at radius 1 is 1.22 bits per heavy atom. The summed E-state index contributed by atoms with van der Waals surface area (Å²) in [6.07, 6.45) is 2.03. The lowest BCUT2D eigenvalue weighted by Crippen LogP contribution is -2.41. The number of carbonyl (C=O) groups is 3. The summed E-state index contributed by atoms with van der Waals surface area (Å²) in [6, 6.07) is 0. The summed E-state index contributed by atoms with van der Waals surface area (Å²) >= 11 is 1.81. The lowest BCUT2D eigenvalue weighted by molar-refractivity contribution is -0.143. The molecule has 18 heavy (non-hydrogen) atoms. The molecular weight excluding hydrogens is 248 g/mol. The number of hydrogen-bond acceptors (Lipinski definition) is 4. The molecule has 1 saturated carbocycles. The summed E-state index contributed by atoms with van der Waals surface area (Å²) in [5.74, 6) is -0.346. The van der Waals surface area contributed by atoms with Crippen molar-refractivity contribution in [3.05, 3.63) is 0 Å². The minimum Gasteiger partial charge on any atom is -0.298 e. The Morgan fingerprint density at radius 3 is 2.17 bits per heavy atom. The highest BCUT2D eigenvalue weighted by molar-refractivity contribution is 7.99. The molecule has 0 aliphatic heterocycles. The molecule has 0 N–H and O–H groups in total. The molecule has 1 atom stereocenters. The molecule has 1 rings (SSSR count). The second kappa shape index (κ2) is 7.07. The Bertz CT molecular complexity index is 320. The normalized spacial score (nSPS) is 26.2. The first-order valence-electron chi connectivity index (χ1n) is 6.74. The van der Waals surface area contributed by atoms with E-state index in [0.29, 0.717) is 18.1 Å². The van der Waals surface area contributed by atoms with E-state index in [-0.39, 0.29) is 29.7 Å². The number of ketones is 3. The van der Waals surface area contributed by atoms with Crippen molar-refractivity contribution in [3.63, 3.8) is 0 Å². The third kappa shape index (κ3) is 3.44. The summed E-state index contributed by atoms with van der Waals surface area (Å²) in [6.45, 7) is 5.88. The van der Waals surface area contributed by atoms with Crippen LogP contribution in [-0.4, -0.2) is 28.4 Å². The Balaban J connectivity index is 2.75. The molecule has 0 amide bonds. The number of Topliss-reactive ketones (excluding diaryl/α,β-unsaturated/α-hetero) is 3. The zero-order chi connectivity index (χ0) is 13.7. The van der Waals surface area contributed by atoms with Crippen LogP contribution in [0.4, 0.5) is 0 Å². The van der Waals surface area contributed by atoms with Crippen LogP contribution in [0.15, 0.2) is 0 Å². The average molecular weight is 270 g/mol. The highest BCUT2D eigenvalue weighted by atomic mass is 32.2. The summed E-state index contributed by atoms with van der Waals surface area (Å²) in [5, 5.41) is 0.362. The van der Waals surface area contributed by atoms with Crippen molar-refractivity contribution in [2.24, 2.45) is 11.8 Å². The first-order chi connectivity index (χ1) is 8.54. The molecule has 0 spiro atoms. The van der Waals surface area contributed by atoms with Gasteiger partial charge < -0.3 is 0 Å². The quantitative estimate of drug-likeness (QED) is 0.696. The highest BCUT2D eigenvalue weighted by Crippen LogP contribution is 2.34. The zero-order valence-electron chi connectivity index (χ0n) is 11.4. The van der Waals surface area contributed by atoms with Gasteiger partial charge in [0.15, 0.2) is 17.3 Å². The molecule has 0 aromatic heterocycles. The van der Waals surface area contributed by atoms with Crippen LogP contribution in [0.1, 0.15) is 46.5 Å². The maximum Gasteiger partial charge on any atom is 0.151 e.